The summed E-state index contributed by atoms with van der Waals surface area (Å²) in [7, 11) is 0. The normalized spacial score (nSPS) is 11.3. The van der Waals surface area contributed by atoms with Gasteiger partial charge in [0.15, 0.2) is 5.82 Å². The van der Waals surface area contributed by atoms with Crippen molar-refractivity contribution < 1.29 is 27.1 Å². The van der Waals surface area contributed by atoms with E-state index < -0.39 is 6.36 Å². The monoisotopic (exact) mass is 560 g/mol. The Bertz CT molecular complexity index is 1660. The molecule has 0 saturated carbocycles. The Morgan fingerprint density at radius 3 is 2.37 bits per heavy atom. The summed E-state index contributed by atoms with van der Waals surface area (Å²) >= 11 is 0. The van der Waals surface area contributed by atoms with Gasteiger partial charge in [-0.05, 0) is 72.5 Å². The van der Waals surface area contributed by atoms with Gasteiger partial charge in [0.25, 0.3) is 5.91 Å². The van der Waals surface area contributed by atoms with E-state index in [0.29, 0.717) is 35.6 Å². The molecule has 5 rings (SSSR count). The third-order valence-corrected chi connectivity index (χ3v) is 6.40. The highest BCUT2D eigenvalue weighted by Gasteiger charge is 2.31. The smallest absolute Gasteiger partial charge is 0.406 e. The SMILES string of the molecule is Cc1ccccc1-c1cc(C(=O)NCCc2ccc(-c3ncn(-c4ccc(OC(F)(F)F)cc4)n3)cc2)ccc1F. The molecule has 0 aliphatic rings. The number of aryl methyl sites for hydroxylation is 1. The first-order valence-electron chi connectivity index (χ1n) is 12.7. The maximum Gasteiger partial charge on any atom is 0.573 e. The van der Waals surface area contributed by atoms with Crippen molar-refractivity contribution in [2.24, 2.45) is 0 Å². The summed E-state index contributed by atoms with van der Waals surface area (Å²) in [5, 5.41) is 7.29. The molecular formula is C31H24F4N4O2. The van der Waals surface area contributed by atoms with Crippen molar-refractivity contribution in [1.29, 1.82) is 0 Å². The fraction of sp³-hybridized carbons (Fsp3) is 0.129. The second-order valence-electron chi connectivity index (χ2n) is 9.27. The van der Waals surface area contributed by atoms with Gasteiger partial charge < -0.3 is 10.1 Å². The molecule has 1 N–H and O–H groups in total. The lowest BCUT2D eigenvalue weighted by molar-refractivity contribution is -0.274. The van der Waals surface area contributed by atoms with Crippen LogP contribution in [0.3, 0.4) is 0 Å². The molecular weight excluding hydrogens is 536 g/mol. The predicted octanol–water partition coefficient (Wildman–Crippen LogP) is 6.92. The Kier molecular flexibility index (Phi) is 7.82. The van der Waals surface area contributed by atoms with Crippen LogP contribution in [-0.2, 0) is 6.42 Å². The lowest BCUT2D eigenvalue weighted by Crippen LogP contribution is -2.25. The highest BCUT2D eigenvalue weighted by molar-refractivity contribution is 5.95. The van der Waals surface area contributed by atoms with Gasteiger partial charge in [-0.1, -0.05) is 48.5 Å². The Balaban J connectivity index is 1.18. The van der Waals surface area contributed by atoms with Gasteiger partial charge in [-0.15, -0.1) is 18.3 Å². The minimum Gasteiger partial charge on any atom is -0.406 e. The quantitative estimate of drug-likeness (QED) is 0.209. The Morgan fingerprint density at radius 1 is 0.927 bits per heavy atom. The highest BCUT2D eigenvalue weighted by atomic mass is 19.4. The van der Waals surface area contributed by atoms with Gasteiger partial charge in [-0.3, -0.25) is 4.79 Å². The number of amides is 1. The van der Waals surface area contributed by atoms with E-state index in [1.807, 2.05) is 55.5 Å². The molecule has 10 heteroatoms. The molecule has 208 valence electrons. The number of ether oxygens (including phenoxy) is 1. The minimum absolute atomic E-state index is 0.288. The molecule has 0 fully saturated rings. The molecule has 0 saturated heterocycles. The van der Waals surface area contributed by atoms with Crippen LogP contribution in [0.15, 0.2) is 97.3 Å². The van der Waals surface area contributed by atoms with Crippen molar-refractivity contribution in [3.8, 4) is 34.0 Å². The van der Waals surface area contributed by atoms with Crippen LogP contribution in [-0.4, -0.2) is 33.6 Å². The minimum atomic E-state index is -4.76. The van der Waals surface area contributed by atoms with Crippen molar-refractivity contribution >= 4 is 5.91 Å². The van der Waals surface area contributed by atoms with Crippen LogP contribution in [0.5, 0.6) is 5.75 Å². The van der Waals surface area contributed by atoms with Gasteiger partial charge in [-0.2, -0.15) is 0 Å². The number of nitrogens with zero attached hydrogens (tertiary/aromatic N) is 3. The molecule has 0 radical (unpaired) electrons. The third kappa shape index (κ3) is 6.78. The van der Waals surface area contributed by atoms with Crippen LogP contribution >= 0.6 is 0 Å². The molecule has 0 bridgehead atoms. The van der Waals surface area contributed by atoms with Crippen LogP contribution in [0.4, 0.5) is 17.6 Å². The van der Waals surface area contributed by atoms with Crippen LogP contribution in [0.1, 0.15) is 21.5 Å². The summed E-state index contributed by atoms with van der Waals surface area (Å²) in [5.74, 6) is -0.549. The first-order valence-corrected chi connectivity index (χ1v) is 12.7. The second kappa shape index (κ2) is 11.6. The Morgan fingerprint density at radius 2 is 1.66 bits per heavy atom. The molecule has 1 amide bonds. The summed E-state index contributed by atoms with van der Waals surface area (Å²) in [5.41, 5.74) is 4.68. The predicted molar refractivity (Wildman–Crippen MR) is 146 cm³/mol. The fourth-order valence-electron chi connectivity index (χ4n) is 4.31. The van der Waals surface area contributed by atoms with Gasteiger partial charge in [-0.25, -0.2) is 14.1 Å². The lowest BCUT2D eigenvalue weighted by Gasteiger charge is -2.10. The number of alkyl halides is 3. The topological polar surface area (TPSA) is 69.0 Å². The summed E-state index contributed by atoms with van der Waals surface area (Å²) in [4.78, 5) is 17.0. The maximum atomic E-state index is 14.5. The van der Waals surface area contributed by atoms with E-state index in [1.165, 1.54) is 47.4 Å². The van der Waals surface area contributed by atoms with E-state index in [-0.39, 0.29) is 17.5 Å². The molecule has 5 aromatic rings. The lowest BCUT2D eigenvalue weighted by atomic mass is 9.98. The molecule has 0 aliphatic heterocycles. The molecule has 4 aromatic carbocycles. The zero-order valence-corrected chi connectivity index (χ0v) is 21.8. The first-order chi connectivity index (χ1) is 19.7. The average Bonchev–Trinajstić information content (AvgIpc) is 3.44. The number of halogens is 4. The Labute approximate surface area is 233 Å². The van der Waals surface area contributed by atoms with Gasteiger partial charge in [0.05, 0.1) is 5.69 Å². The zero-order chi connectivity index (χ0) is 29.0. The standard InChI is InChI=1S/C31H24F4N4O2/c1-20-4-2-3-5-26(20)27-18-23(10-15-28(27)32)30(40)36-17-16-21-6-8-22(9-7-21)29-37-19-39(38-29)24-11-13-25(14-12-24)41-31(33,34)35/h2-15,18-19H,16-17H2,1H3,(H,36,40). The summed E-state index contributed by atoms with van der Waals surface area (Å²) in [6.07, 6.45) is -2.71. The molecule has 0 unspecified atom stereocenters. The molecule has 1 aromatic heterocycles. The van der Waals surface area contributed by atoms with E-state index >= 15 is 0 Å². The number of aromatic nitrogens is 3. The van der Waals surface area contributed by atoms with E-state index in [9.17, 15) is 22.4 Å². The van der Waals surface area contributed by atoms with Crippen molar-refractivity contribution in [3.05, 3.63) is 120 Å². The van der Waals surface area contributed by atoms with Crippen LogP contribution < -0.4 is 10.1 Å². The number of benzene rings is 4. The first kappa shape index (κ1) is 27.6. The zero-order valence-electron chi connectivity index (χ0n) is 21.8. The molecule has 0 spiro atoms. The summed E-state index contributed by atoms with van der Waals surface area (Å²) in [6.45, 7) is 2.28. The van der Waals surface area contributed by atoms with Crippen molar-refractivity contribution in [3.63, 3.8) is 0 Å². The van der Waals surface area contributed by atoms with Crippen LogP contribution in [0.25, 0.3) is 28.2 Å². The van der Waals surface area contributed by atoms with Crippen molar-refractivity contribution in [1.82, 2.24) is 20.1 Å². The molecule has 1 heterocycles. The number of carbonyl (C=O) groups is 1. The fourth-order valence-corrected chi connectivity index (χ4v) is 4.31. The number of carbonyl (C=O) groups excluding carboxylic acids is 1. The second-order valence-corrected chi connectivity index (χ2v) is 9.27. The summed E-state index contributed by atoms with van der Waals surface area (Å²) in [6, 6.07) is 24.6. The third-order valence-electron chi connectivity index (χ3n) is 6.40. The van der Waals surface area contributed by atoms with E-state index in [1.54, 1.807) is 6.07 Å². The van der Waals surface area contributed by atoms with E-state index in [0.717, 1.165) is 22.3 Å². The highest BCUT2D eigenvalue weighted by Crippen LogP contribution is 2.27. The van der Waals surface area contributed by atoms with Gasteiger partial charge in [0.2, 0.25) is 0 Å². The maximum absolute atomic E-state index is 14.5. The van der Waals surface area contributed by atoms with Crippen molar-refractivity contribution in [2.45, 2.75) is 19.7 Å². The average molecular weight is 561 g/mol. The van der Waals surface area contributed by atoms with Crippen LogP contribution in [0.2, 0.25) is 0 Å². The van der Waals surface area contributed by atoms with E-state index in [2.05, 4.69) is 20.1 Å². The Hall–Kier alpha value is -4.99. The molecule has 6 nitrogen and oxygen atoms in total. The number of hydrogen-bond acceptors (Lipinski definition) is 4. The van der Waals surface area contributed by atoms with Gasteiger partial charge >= 0.3 is 6.36 Å². The van der Waals surface area contributed by atoms with Gasteiger partial charge in [0, 0.05) is 23.2 Å². The van der Waals surface area contributed by atoms with Gasteiger partial charge in [0.1, 0.15) is 17.9 Å². The van der Waals surface area contributed by atoms with E-state index in [4.69, 9.17) is 0 Å². The number of hydrogen-bond donors (Lipinski definition) is 1. The molecule has 0 atom stereocenters. The largest absolute Gasteiger partial charge is 0.573 e. The molecule has 41 heavy (non-hydrogen) atoms. The van der Waals surface area contributed by atoms with Crippen LogP contribution in [0, 0.1) is 12.7 Å². The van der Waals surface area contributed by atoms with Crippen molar-refractivity contribution in [2.75, 3.05) is 6.54 Å². The molecule has 0 aliphatic carbocycles. The number of nitrogens with one attached hydrogen (secondary N) is 1. The number of rotatable bonds is 8. The summed E-state index contributed by atoms with van der Waals surface area (Å²) < 4.78 is 56.9.